The van der Waals surface area contributed by atoms with Gasteiger partial charge >= 0.3 is 12.1 Å². The molecule has 0 fully saturated rings. The van der Waals surface area contributed by atoms with Crippen molar-refractivity contribution in [2.75, 3.05) is 39.6 Å². The number of carbonyl (C=O) groups is 2. The fourth-order valence-electron chi connectivity index (χ4n) is 2.22. The molecule has 1 aromatic rings. The number of rotatable bonds is 8. The molecular formula is C20H27NO7. The average molecular weight is 393 g/mol. The number of ether oxygens (including phenoxy) is 5. The minimum Gasteiger partial charge on any atom is -0.486 e. The Labute approximate surface area is 164 Å². The largest absolute Gasteiger partial charge is 0.486 e. The van der Waals surface area contributed by atoms with Crippen LogP contribution in [0, 0.1) is 0 Å². The van der Waals surface area contributed by atoms with Crippen LogP contribution in [0.2, 0.25) is 0 Å². The minimum absolute atomic E-state index is 0.122. The lowest BCUT2D eigenvalue weighted by molar-refractivity contribution is -0.139. The van der Waals surface area contributed by atoms with Crippen molar-refractivity contribution >= 4 is 18.1 Å². The van der Waals surface area contributed by atoms with E-state index >= 15 is 0 Å². The molecule has 1 aliphatic rings. The second-order valence-electron chi connectivity index (χ2n) is 6.94. The molecule has 1 heterocycles. The zero-order valence-electron chi connectivity index (χ0n) is 16.5. The van der Waals surface area contributed by atoms with Gasteiger partial charge in [-0.15, -0.1) is 0 Å². The second-order valence-corrected chi connectivity index (χ2v) is 6.94. The fraction of sp³-hybridized carbons (Fsp3) is 0.500. The Bertz CT molecular complexity index is 694. The van der Waals surface area contributed by atoms with E-state index in [2.05, 4.69) is 5.32 Å². The highest BCUT2D eigenvalue weighted by Gasteiger charge is 2.15. The third-order valence-electron chi connectivity index (χ3n) is 3.36. The van der Waals surface area contributed by atoms with E-state index in [-0.39, 0.29) is 13.2 Å². The Kier molecular flexibility index (Phi) is 8.13. The summed E-state index contributed by atoms with van der Waals surface area (Å²) in [6.07, 6.45) is 2.49. The molecule has 0 aromatic heterocycles. The number of nitrogens with one attached hydrogen (secondary N) is 1. The van der Waals surface area contributed by atoms with Gasteiger partial charge in [0.05, 0.1) is 13.2 Å². The van der Waals surface area contributed by atoms with Crippen LogP contribution in [0.25, 0.3) is 6.08 Å². The number of fused-ring (bicyclic) bond motifs is 1. The highest BCUT2D eigenvalue weighted by atomic mass is 16.6. The normalized spacial score (nSPS) is 13.2. The zero-order valence-corrected chi connectivity index (χ0v) is 16.5. The third-order valence-corrected chi connectivity index (χ3v) is 3.36. The first-order chi connectivity index (χ1) is 13.3. The van der Waals surface area contributed by atoms with E-state index < -0.39 is 17.7 Å². The Morgan fingerprint density at radius 3 is 2.61 bits per heavy atom. The van der Waals surface area contributed by atoms with Gasteiger partial charge in [-0.25, -0.2) is 9.59 Å². The lowest BCUT2D eigenvalue weighted by Gasteiger charge is -2.19. The van der Waals surface area contributed by atoms with E-state index in [0.29, 0.717) is 37.9 Å². The number of esters is 1. The molecule has 0 spiro atoms. The molecule has 1 amide bonds. The highest BCUT2D eigenvalue weighted by Crippen LogP contribution is 2.31. The van der Waals surface area contributed by atoms with Crippen molar-refractivity contribution in [3.63, 3.8) is 0 Å². The molecule has 0 unspecified atom stereocenters. The molecule has 8 nitrogen and oxygen atoms in total. The molecule has 1 aliphatic heterocycles. The number of carbonyl (C=O) groups excluding carboxylic acids is 2. The number of hydrogen-bond acceptors (Lipinski definition) is 7. The van der Waals surface area contributed by atoms with Crippen molar-refractivity contribution in [1.82, 2.24) is 5.32 Å². The number of benzene rings is 1. The molecule has 28 heavy (non-hydrogen) atoms. The SMILES string of the molecule is CC(C)(C)OC(=O)NCCOCCOC(=O)/C=C/c1ccc2c(c1)OCCO2. The quantitative estimate of drug-likeness (QED) is 0.412. The number of hydrogen-bond donors (Lipinski definition) is 1. The van der Waals surface area contributed by atoms with Crippen LogP contribution >= 0.6 is 0 Å². The first-order valence-corrected chi connectivity index (χ1v) is 9.12. The van der Waals surface area contributed by atoms with Crippen LogP contribution in [0.4, 0.5) is 4.79 Å². The van der Waals surface area contributed by atoms with Gasteiger partial charge in [0.2, 0.25) is 0 Å². The second kappa shape index (κ2) is 10.6. The van der Waals surface area contributed by atoms with E-state index in [1.165, 1.54) is 6.08 Å². The maximum absolute atomic E-state index is 11.7. The van der Waals surface area contributed by atoms with E-state index in [1.807, 2.05) is 6.07 Å². The summed E-state index contributed by atoms with van der Waals surface area (Å²) in [6.45, 7) is 7.38. The monoisotopic (exact) mass is 393 g/mol. The predicted molar refractivity (Wildman–Crippen MR) is 102 cm³/mol. The molecular weight excluding hydrogens is 366 g/mol. The summed E-state index contributed by atoms with van der Waals surface area (Å²) in [7, 11) is 0. The Hall–Kier alpha value is -2.74. The first-order valence-electron chi connectivity index (χ1n) is 9.12. The molecule has 0 atom stereocenters. The average Bonchev–Trinajstić information content (AvgIpc) is 2.64. The summed E-state index contributed by atoms with van der Waals surface area (Å²) in [5.74, 6) is 0.893. The molecule has 0 saturated heterocycles. The molecule has 0 radical (unpaired) electrons. The van der Waals surface area contributed by atoms with Crippen molar-refractivity contribution < 1.29 is 33.3 Å². The summed E-state index contributed by atoms with van der Waals surface area (Å²) in [5.41, 5.74) is 0.276. The predicted octanol–water partition coefficient (Wildman–Crippen LogP) is 2.56. The Balaban J connectivity index is 1.56. The highest BCUT2D eigenvalue weighted by molar-refractivity contribution is 5.87. The Morgan fingerprint density at radius 2 is 1.86 bits per heavy atom. The van der Waals surface area contributed by atoms with Gasteiger partial charge in [-0.2, -0.15) is 0 Å². The van der Waals surface area contributed by atoms with Gasteiger partial charge in [0.25, 0.3) is 0 Å². The van der Waals surface area contributed by atoms with Crippen molar-refractivity contribution in [1.29, 1.82) is 0 Å². The summed E-state index contributed by atoms with van der Waals surface area (Å²) in [5, 5.41) is 2.57. The molecule has 8 heteroatoms. The van der Waals surface area contributed by atoms with Crippen LogP contribution in [0.5, 0.6) is 11.5 Å². The van der Waals surface area contributed by atoms with E-state index in [1.54, 1.807) is 39.0 Å². The van der Waals surface area contributed by atoms with Crippen molar-refractivity contribution in [3.05, 3.63) is 29.8 Å². The summed E-state index contributed by atoms with van der Waals surface area (Å²) < 4.78 is 26.4. The standard InChI is InChI=1S/C20H27NO7/c1-20(2,3)28-19(23)21-8-9-24-10-11-27-18(22)7-5-15-4-6-16-17(14-15)26-13-12-25-16/h4-7,14H,8-13H2,1-3H3,(H,21,23)/b7-5+. The summed E-state index contributed by atoms with van der Waals surface area (Å²) in [6, 6.07) is 5.44. The summed E-state index contributed by atoms with van der Waals surface area (Å²) in [4.78, 5) is 23.1. The maximum atomic E-state index is 11.7. The molecule has 0 bridgehead atoms. The molecule has 1 aromatic carbocycles. The molecule has 2 rings (SSSR count). The van der Waals surface area contributed by atoms with Gasteiger partial charge < -0.3 is 29.0 Å². The van der Waals surface area contributed by atoms with Gasteiger partial charge in [-0.3, -0.25) is 0 Å². The summed E-state index contributed by atoms with van der Waals surface area (Å²) >= 11 is 0. The lowest BCUT2D eigenvalue weighted by atomic mass is 10.2. The molecule has 1 N–H and O–H groups in total. The van der Waals surface area contributed by atoms with Crippen LogP contribution in [0.3, 0.4) is 0 Å². The molecule has 0 aliphatic carbocycles. The fourth-order valence-corrected chi connectivity index (χ4v) is 2.22. The zero-order chi connectivity index (χ0) is 20.4. The maximum Gasteiger partial charge on any atom is 0.407 e. The van der Waals surface area contributed by atoms with E-state index in [9.17, 15) is 9.59 Å². The van der Waals surface area contributed by atoms with Gasteiger partial charge in [0.1, 0.15) is 25.4 Å². The Morgan fingerprint density at radius 1 is 1.11 bits per heavy atom. The molecule has 0 saturated carbocycles. The first kappa shape index (κ1) is 21.6. The number of alkyl carbamates (subject to hydrolysis) is 1. The van der Waals surface area contributed by atoms with Gasteiger partial charge in [-0.05, 0) is 44.5 Å². The van der Waals surface area contributed by atoms with Crippen LogP contribution in [0.1, 0.15) is 26.3 Å². The van der Waals surface area contributed by atoms with Crippen molar-refractivity contribution in [2.24, 2.45) is 0 Å². The van der Waals surface area contributed by atoms with Gasteiger partial charge in [-0.1, -0.05) is 6.07 Å². The molecule has 154 valence electrons. The number of amides is 1. The lowest BCUT2D eigenvalue weighted by Crippen LogP contribution is -2.34. The smallest absolute Gasteiger partial charge is 0.407 e. The van der Waals surface area contributed by atoms with Crippen LogP contribution in [0.15, 0.2) is 24.3 Å². The van der Waals surface area contributed by atoms with Gasteiger partial charge in [0.15, 0.2) is 11.5 Å². The van der Waals surface area contributed by atoms with Crippen LogP contribution in [-0.2, 0) is 19.0 Å². The topological polar surface area (TPSA) is 92.3 Å². The van der Waals surface area contributed by atoms with Crippen LogP contribution < -0.4 is 14.8 Å². The van der Waals surface area contributed by atoms with Crippen molar-refractivity contribution in [2.45, 2.75) is 26.4 Å². The van der Waals surface area contributed by atoms with Crippen molar-refractivity contribution in [3.8, 4) is 11.5 Å². The van der Waals surface area contributed by atoms with E-state index in [4.69, 9.17) is 23.7 Å². The van der Waals surface area contributed by atoms with Crippen LogP contribution in [-0.4, -0.2) is 57.2 Å². The minimum atomic E-state index is -0.535. The van der Waals surface area contributed by atoms with E-state index in [0.717, 1.165) is 5.56 Å². The third kappa shape index (κ3) is 8.30. The van der Waals surface area contributed by atoms with Gasteiger partial charge in [0, 0.05) is 12.6 Å².